The Labute approximate surface area is 92.1 Å². The third-order valence-electron chi connectivity index (χ3n) is 1.77. The lowest BCUT2D eigenvalue weighted by Gasteiger charge is -2.25. The molecule has 0 aromatic rings. The maximum atomic E-state index is 12.5. The summed E-state index contributed by atoms with van der Waals surface area (Å²) in [5.41, 5.74) is -7.01. The Bertz CT molecular complexity index is 320. The molecule has 0 nitrogen and oxygen atoms in total. The van der Waals surface area contributed by atoms with Crippen LogP contribution in [0.25, 0.3) is 0 Å². The van der Waals surface area contributed by atoms with Gasteiger partial charge in [0.2, 0.25) is 0 Å². The van der Waals surface area contributed by atoms with Crippen LogP contribution in [0.15, 0.2) is 11.1 Å². The van der Waals surface area contributed by atoms with E-state index in [0.29, 0.717) is 0 Å². The zero-order chi connectivity index (χ0) is 15.2. The molecule has 0 aliphatic carbocycles. The number of halogens is 11. The molecular formula is C7H3F11. The van der Waals surface area contributed by atoms with Crippen LogP contribution < -0.4 is 0 Å². The first-order valence-corrected chi connectivity index (χ1v) is 3.83. The lowest BCUT2D eigenvalue weighted by molar-refractivity contribution is -0.267. The van der Waals surface area contributed by atoms with Crippen molar-refractivity contribution < 1.29 is 48.3 Å². The zero-order valence-corrected chi connectivity index (χ0v) is 8.16. The van der Waals surface area contributed by atoms with E-state index in [-0.39, 0.29) is 0 Å². The highest BCUT2D eigenvalue weighted by Gasteiger charge is 2.64. The summed E-state index contributed by atoms with van der Waals surface area (Å²) in [5, 5.41) is 0. The van der Waals surface area contributed by atoms with Crippen molar-refractivity contribution in [3.63, 3.8) is 0 Å². The highest BCUT2D eigenvalue weighted by atomic mass is 19.4. The van der Waals surface area contributed by atoms with Crippen LogP contribution in [-0.4, -0.2) is 24.5 Å². The quantitative estimate of drug-likeness (QED) is 0.489. The van der Waals surface area contributed by atoms with Gasteiger partial charge in [0.1, 0.15) is 5.57 Å². The van der Waals surface area contributed by atoms with Crippen molar-refractivity contribution in [1.29, 1.82) is 0 Å². The van der Waals surface area contributed by atoms with Gasteiger partial charge in [-0.3, -0.25) is 0 Å². The van der Waals surface area contributed by atoms with Crippen molar-refractivity contribution >= 4 is 0 Å². The average Bonchev–Trinajstić information content (AvgIpc) is 1.95. The fourth-order valence-corrected chi connectivity index (χ4v) is 0.956. The SMILES string of the molecule is CC(=C(C(F)(F)F)C(F)(F)F)C(F)(F)C(F)(F)F. The molecule has 11 heteroatoms. The van der Waals surface area contributed by atoms with Gasteiger partial charge < -0.3 is 0 Å². The largest absolute Gasteiger partial charge is 0.457 e. The lowest BCUT2D eigenvalue weighted by Crippen LogP contribution is -2.41. The molecule has 0 amide bonds. The first-order valence-electron chi connectivity index (χ1n) is 3.83. The molecule has 0 bridgehead atoms. The molecule has 108 valence electrons. The van der Waals surface area contributed by atoms with Crippen LogP contribution in [0.5, 0.6) is 0 Å². The predicted octanol–water partition coefficient (Wildman–Crippen LogP) is 4.63. The lowest BCUT2D eigenvalue weighted by atomic mass is 10.0. The van der Waals surface area contributed by atoms with Gasteiger partial charge in [-0.2, -0.15) is 48.3 Å². The summed E-state index contributed by atoms with van der Waals surface area (Å²) in [6.07, 6.45) is -19.3. The molecule has 0 aliphatic heterocycles. The van der Waals surface area contributed by atoms with Crippen LogP contribution >= 0.6 is 0 Å². The van der Waals surface area contributed by atoms with Gasteiger partial charge in [0.15, 0.2) is 0 Å². The second-order valence-corrected chi connectivity index (χ2v) is 3.07. The summed E-state index contributed by atoms with van der Waals surface area (Å²) in [5.74, 6) is -6.23. The first-order chi connectivity index (χ1) is 7.53. The van der Waals surface area contributed by atoms with Gasteiger partial charge in [-0.15, -0.1) is 0 Å². The minimum Gasteiger partial charge on any atom is -0.191 e. The molecule has 0 fully saturated rings. The van der Waals surface area contributed by atoms with Crippen LogP contribution in [0.1, 0.15) is 6.92 Å². The Morgan fingerprint density at radius 2 is 0.889 bits per heavy atom. The number of alkyl halides is 11. The molecule has 0 saturated carbocycles. The molecule has 18 heavy (non-hydrogen) atoms. The molecule has 0 unspecified atom stereocenters. The summed E-state index contributed by atoms with van der Waals surface area (Å²) < 4.78 is 131. The van der Waals surface area contributed by atoms with E-state index in [2.05, 4.69) is 0 Å². The van der Waals surface area contributed by atoms with E-state index >= 15 is 0 Å². The molecule has 0 aromatic heterocycles. The molecule has 0 spiro atoms. The minimum absolute atomic E-state index is 0.566. The average molecular weight is 296 g/mol. The number of hydrogen-bond donors (Lipinski definition) is 0. The van der Waals surface area contributed by atoms with Crippen molar-refractivity contribution in [3.8, 4) is 0 Å². The monoisotopic (exact) mass is 296 g/mol. The van der Waals surface area contributed by atoms with E-state index < -0.39 is 42.5 Å². The molecule has 0 heterocycles. The molecule has 0 rings (SSSR count). The molecule has 0 aromatic carbocycles. The van der Waals surface area contributed by atoms with Gasteiger partial charge in [0.05, 0.1) is 0 Å². The fourth-order valence-electron chi connectivity index (χ4n) is 0.956. The van der Waals surface area contributed by atoms with Crippen LogP contribution in [0.2, 0.25) is 0 Å². The minimum atomic E-state index is -6.56. The second-order valence-electron chi connectivity index (χ2n) is 3.07. The van der Waals surface area contributed by atoms with Gasteiger partial charge in [-0.1, -0.05) is 0 Å². The summed E-state index contributed by atoms with van der Waals surface area (Å²) >= 11 is 0. The molecule has 0 saturated heterocycles. The molecule has 0 N–H and O–H groups in total. The molecule has 0 radical (unpaired) electrons. The normalized spacial score (nSPS) is 14.7. The standard InChI is InChI=1S/C7H3F11/c1-2(4(8,9)7(16,17)18)3(5(10,11)12)6(13,14)15/h1H3. The van der Waals surface area contributed by atoms with E-state index in [1.165, 1.54) is 0 Å². The summed E-state index contributed by atoms with van der Waals surface area (Å²) in [7, 11) is 0. The second kappa shape index (κ2) is 4.26. The highest BCUT2D eigenvalue weighted by molar-refractivity contribution is 5.28. The Morgan fingerprint density at radius 1 is 0.611 bits per heavy atom. The van der Waals surface area contributed by atoms with Crippen molar-refractivity contribution in [1.82, 2.24) is 0 Å². The van der Waals surface area contributed by atoms with Crippen LogP contribution in [0.3, 0.4) is 0 Å². The molecule has 0 atom stereocenters. The van der Waals surface area contributed by atoms with Crippen molar-refractivity contribution in [3.05, 3.63) is 11.1 Å². The summed E-state index contributed by atoms with van der Waals surface area (Å²) in [4.78, 5) is 0. The van der Waals surface area contributed by atoms with Gasteiger partial charge in [0.25, 0.3) is 0 Å². The zero-order valence-electron chi connectivity index (χ0n) is 8.16. The van der Waals surface area contributed by atoms with E-state index in [1.807, 2.05) is 0 Å². The van der Waals surface area contributed by atoms with Gasteiger partial charge in [-0.25, -0.2) is 0 Å². The fraction of sp³-hybridized carbons (Fsp3) is 0.714. The van der Waals surface area contributed by atoms with E-state index in [4.69, 9.17) is 0 Å². The Hall–Kier alpha value is -1.03. The van der Waals surface area contributed by atoms with Crippen molar-refractivity contribution in [2.45, 2.75) is 31.4 Å². The van der Waals surface area contributed by atoms with E-state index in [1.54, 1.807) is 0 Å². The predicted molar refractivity (Wildman–Crippen MR) is 35.8 cm³/mol. The summed E-state index contributed by atoms with van der Waals surface area (Å²) in [6, 6.07) is 0. The van der Waals surface area contributed by atoms with Crippen LogP contribution in [0.4, 0.5) is 48.3 Å². The number of hydrogen-bond acceptors (Lipinski definition) is 0. The Balaban J connectivity index is 6.11. The molecule has 0 aliphatic rings. The van der Waals surface area contributed by atoms with Gasteiger partial charge in [0, 0.05) is 5.57 Å². The maximum Gasteiger partial charge on any atom is 0.457 e. The number of rotatable bonds is 1. The van der Waals surface area contributed by atoms with Crippen molar-refractivity contribution in [2.75, 3.05) is 0 Å². The van der Waals surface area contributed by atoms with E-state index in [0.717, 1.165) is 0 Å². The topological polar surface area (TPSA) is 0 Å². The van der Waals surface area contributed by atoms with Gasteiger partial charge >= 0.3 is 24.5 Å². The number of allylic oxidation sites excluding steroid dienone is 2. The van der Waals surface area contributed by atoms with E-state index in [9.17, 15) is 48.3 Å². The first kappa shape index (κ1) is 17.0. The third kappa shape index (κ3) is 3.25. The smallest absolute Gasteiger partial charge is 0.191 e. The maximum absolute atomic E-state index is 12.5. The Morgan fingerprint density at radius 3 is 1.06 bits per heavy atom. The highest BCUT2D eigenvalue weighted by Crippen LogP contribution is 2.48. The third-order valence-corrected chi connectivity index (χ3v) is 1.77. The molecular weight excluding hydrogens is 293 g/mol. The van der Waals surface area contributed by atoms with Crippen LogP contribution in [-0.2, 0) is 0 Å². The van der Waals surface area contributed by atoms with Gasteiger partial charge in [-0.05, 0) is 6.92 Å². The Kier molecular flexibility index (Phi) is 4.02. The van der Waals surface area contributed by atoms with Crippen molar-refractivity contribution in [2.24, 2.45) is 0 Å². The summed E-state index contributed by atoms with van der Waals surface area (Å²) in [6.45, 7) is -0.566. The van der Waals surface area contributed by atoms with Crippen LogP contribution in [0, 0.1) is 0 Å².